The van der Waals surface area contributed by atoms with Crippen LogP contribution >= 0.6 is 24.0 Å². The number of benzene rings is 1. The van der Waals surface area contributed by atoms with Crippen LogP contribution in [-0.4, -0.2) is 56.6 Å². The third-order valence-electron chi connectivity index (χ3n) is 3.30. The molecule has 0 radical (unpaired) electrons. The number of carbonyl (C=O) groups excluding carboxylic acids is 2. The Balaban J connectivity index is 0.00000529. The monoisotopic (exact) mass is 377 g/mol. The van der Waals surface area contributed by atoms with Gasteiger partial charge >= 0.3 is 0 Å². The zero-order chi connectivity index (χ0) is 17.2. The molecule has 136 valence electrons. The maximum Gasteiger partial charge on any atom is 0.255 e. The van der Waals surface area contributed by atoms with Crippen LogP contribution < -0.4 is 10.6 Å². The summed E-state index contributed by atoms with van der Waals surface area (Å²) in [6.07, 6.45) is 0. The Labute approximate surface area is 154 Å². The summed E-state index contributed by atoms with van der Waals surface area (Å²) < 4.78 is 4.88. The van der Waals surface area contributed by atoms with E-state index in [2.05, 4.69) is 10.6 Å². The van der Waals surface area contributed by atoms with Crippen molar-refractivity contribution in [2.75, 3.05) is 45.2 Å². The Bertz CT molecular complexity index is 537. The lowest BCUT2D eigenvalue weighted by molar-refractivity contribution is -0.115. The number of hydrogen-bond acceptors (Lipinski definition) is 4. The minimum absolute atomic E-state index is 0. The van der Waals surface area contributed by atoms with Crippen molar-refractivity contribution in [3.05, 3.63) is 28.8 Å². The molecule has 0 aromatic heterocycles. The Kier molecular flexibility index (Phi) is 11.4. The van der Waals surface area contributed by atoms with Crippen LogP contribution in [0.5, 0.6) is 0 Å². The number of halogens is 2. The molecule has 0 heterocycles. The van der Waals surface area contributed by atoms with Crippen LogP contribution in [0, 0.1) is 0 Å². The first kappa shape index (κ1) is 22.7. The second-order valence-electron chi connectivity index (χ2n) is 4.89. The molecule has 8 heteroatoms. The van der Waals surface area contributed by atoms with E-state index in [1.165, 1.54) is 0 Å². The molecule has 0 unspecified atom stereocenters. The lowest BCUT2D eigenvalue weighted by Crippen LogP contribution is -2.31. The highest BCUT2D eigenvalue weighted by Crippen LogP contribution is 2.22. The molecule has 0 aliphatic rings. The molecule has 24 heavy (non-hydrogen) atoms. The molecule has 0 fully saturated rings. The minimum atomic E-state index is -0.181. The Morgan fingerprint density at radius 1 is 1.25 bits per heavy atom. The molecule has 0 saturated carbocycles. The average molecular weight is 378 g/mol. The van der Waals surface area contributed by atoms with E-state index in [1.54, 1.807) is 30.2 Å². The van der Waals surface area contributed by atoms with Gasteiger partial charge in [0.15, 0.2) is 0 Å². The van der Waals surface area contributed by atoms with Crippen molar-refractivity contribution >= 4 is 41.5 Å². The van der Waals surface area contributed by atoms with Crippen molar-refractivity contribution in [1.29, 1.82) is 0 Å². The normalized spacial score (nSPS) is 10.0. The first-order valence-electron chi connectivity index (χ1n) is 7.61. The first-order chi connectivity index (χ1) is 11.0. The van der Waals surface area contributed by atoms with E-state index in [1.807, 2.05) is 13.8 Å². The molecule has 2 amide bonds. The van der Waals surface area contributed by atoms with Crippen LogP contribution in [0.2, 0.25) is 5.02 Å². The summed E-state index contributed by atoms with van der Waals surface area (Å²) in [5.41, 5.74) is 0.997. The number of carbonyl (C=O) groups is 2. The summed E-state index contributed by atoms with van der Waals surface area (Å²) in [6, 6.07) is 4.90. The summed E-state index contributed by atoms with van der Waals surface area (Å²) in [5, 5.41) is 6.01. The number of methoxy groups -OCH3 is 1. The number of nitrogens with one attached hydrogen (secondary N) is 2. The topological polar surface area (TPSA) is 70.7 Å². The molecule has 0 spiro atoms. The van der Waals surface area contributed by atoms with Crippen LogP contribution in [0.3, 0.4) is 0 Å². The van der Waals surface area contributed by atoms with Gasteiger partial charge in [-0.2, -0.15) is 0 Å². The van der Waals surface area contributed by atoms with Gasteiger partial charge in [0.2, 0.25) is 5.91 Å². The molecule has 0 aliphatic heterocycles. The van der Waals surface area contributed by atoms with Gasteiger partial charge in [0.05, 0.1) is 23.7 Å². The number of nitrogens with zero attached hydrogens (tertiary/aromatic N) is 1. The quantitative estimate of drug-likeness (QED) is 0.648. The molecule has 0 bridgehead atoms. The highest BCUT2D eigenvalue weighted by atomic mass is 35.5. The Hall–Kier alpha value is -1.34. The lowest BCUT2D eigenvalue weighted by atomic mass is 10.1. The molecule has 2 N–H and O–H groups in total. The van der Waals surface area contributed by atoms with Gasteiger partial charge in [-0.25, -0.2) is 0 Å². The molecular formula is C16H25Cl2N3O3. The van der Waals surface area contributed by atoms with Gasteiger partial charge < -0.3 is 20.3 Å². The van der Waals surface area contributed by atoms with Crippen molar-refractivity contribution in [3.8, 4) is 0 Å². The van der Waals surface area contributed by atoms with Crippen LogP contribution in [0.15, 0.2) is 18.2 Å². The van der Waals surface area contributed by atoms with Crippen LogP contribution in [-0.2, 0) is 9.53 Å². The fourth-order valence-electron chi connectivity index (χ4n) is 2.03. The van der Waals surface area contributed by atoms with Gasteiger partial charge in [0.1, 0.15) is 0 Å². The van der Waals surface area contributed by atoms with Gasteiger partial charge in [0.25, 0.3) is 5.91 Å². The number of amides is 2. The van der Waals surface area contributed by atoms with E-state index in [4.69, 9.17) is 16.3 Å². The Morgan fingerprint density at radius 2 is 1.92 bits per heavy atom. The molecule has 0 atom stereocenters. The third-order valence-corrected chi connectivity index (χ3v) is 3.62. The van der Waals surface area contributed by atoms with Crippen LogP contribution in [0.4, 0.5) is 5.69 Å². The summed E-state index contributed by atoms with van der Waals surface area (Å²) in [4.78, 5) is 25.8. The highest BCUT2D eigenvalue weighted by Gasteiger charge is 2.16. The van der Waals surface area contributed by atoms with E-state index in [-0.39, 0.29) is 30.8 Å². The van der Waals surface area contributed by atoms with Gasteiger partial charge in [-0.15, -0.1) is 12.4 Å². The van der Waals surface area contributed by atoms with E-state index in [0.717, 1.165) is 0 Å². The Morgan fingerprint density at radius 3 is 2.46 bits per heavy atom. The molecule has 1 rings (SSSR count). The standard InChI is InChI=1S/C16H24ClN3O3.ClH/c1-4-20(5-2)16(22)13-7-6-12(10-14(13)17)19-15(21)11-18-8-9-23-3;/h6-7,10,18H,4-5,8-9,11H2,1-3H3,(H,19,21);1H. The molecule has 1 aromatic carbocycles. The van der Waals surface area contributed by atoms with Gasteiger partial charge in [-0.3, -0.25) is 9.59 Å². The summed E-state index contributed by atoms with van der Waals surface area (Å²) in [6.45, 7) is 6.40. The summed E-state index contributed by atoms with van der Waals surface area (Å²) >= 11 is 6.18. The smallest absolute Gasteiger partial charge is 0.255 e. The minimum Gasteiger partial charge on any atom is -0.383 e. The fraction of sp³-hybridized carbons (Fsp3) is 0.500. The predicted octanol–water partition coefficient (Wildman–Crippen LogP) is 2.42. The number of ether oxygens (including phenoxy) is 1. The van der Waals surface area contributed by atoms with Crippen molar-refractivity contribution in [2.24, 2.45) is 0 Å². The van der Waals surface area contributed by atoms with Crippen molar-refractivity contribution < 1.29 is 14.3 Å². The van der Waals surface area contributed by atoms with Crippen molar-refractivity contribution in [1.82, 2.24) is 10.2 Å². The van der Waals surface area contributed by atoms with Gasteiger partial charge in [-0.05, 0) is 32.0 Å². The van der Waals surface area contributed by atoms with E-state index in [9.17, 15) is 9.59 Å². The van der Waals surface area contributed by atoms with Crippen LogP contribution in [0.25, 0.3) is 0 Å². The fourth-order valence-corrected chi connectivity index (χ4v) is 2.29. The van der Waals surface area contributed by atoms with E-state index in [0.29, 0.717) is 42.5 Å². The number of rotatable bonds is 9. The predicted molar refractivity (Wildman–Crippen MR) is 99.3 cm³/mol. The third kappa shape index (κ3) is 7.05. The van der Waals surface area contributed by atoms with E-state index < -0.39 is 0 Å². The number of hydrogen-bond donors (Lipinski definition) is 2. The highest BCUT2D eigenvalue weighted by molar-refractivity contribution is 6.34. The van der Waals surface area contributed by atoms with Gasteiger partial charge in [-0.1, -0.05) is 11.6 Å². The van der Waals surface area contributed by atoms with E-state index >= 15 is 0 Å². The molecule has 6 nitrogen and oxygen atoms in total. The maximum atomic E-state index is 12.3. The summed E-state index contributed by atoms with van der Waals surface area (Å²) in [7, 11) is 1.60. The van der Waals surface area contributed by atoms with Gasteiger partial charge in [0, 0.05) is 32.4 Å². The van der Waals surface area contributed by atoms with Crippen LogP contribution in [0.1, 0.15) is 24.2 Å². The largest absolute Gasteiger partial charge is 0.383 e. The van der Waals surface area contributed by atoms with Crippen molar-refractivity contribution in [3.63, 3.8) is 0 Å². The number of anilines is 1. The molecule has 1 aromatic rings. The molecule has 0 aliphatic carbocycles. The zero-order valence-corrected chi connectivity index (χ0v) is 15.8. The zero-order valence-electron chi connectivity index (χ0n) is 14.2. The maximum absolute atomic E-state index is 12.3. The molecule has 0 saturated heterocycles. The summed E-state index contributed by atoms with van der Waals surface area (Å²) in [5.74, 6) is -0.293. The first-order valence-corrected chi connectivity index (χ1v) is 7.99. The second-order valence-corrected chi connectivity index (χ2v) is 5.30. The van der Waals surface area contributed by atoms with Crippen molar-refractivity contribution in [2.45, 2.75) is 13.8 Å². The lowest BCUT2D eigenvalue weighted by Gasteiger charge is -2.19. The molecular weight excluding hydrogens is 353 g/mol. The second kappa shape index (κ2) is 12.1. The SMILES string of the molecule is CCN(CC)C(=O)c1ccc(NC(=O)CNCCOC)cc1Cl.Cl. The average Bonchev–Trinajstić information content (AvgIpc) is 2.52.